The monoisotopic (exact) mass is 207 g/mol. The Kier molecular flexibility index (Phi) is 3.10. The lowest BCUT2D eigenvalue weighted by Crippen LogP contribution is -2.39. The molecule has 0 heterocycles. The van der Waals surface area contributed by atoms with Crippen molar-refractivity contribution in [1.82, 2.24) is 0 Å². The summed E-state index contributed by atoms with van der Waals surface area (Å²) in [5.41, 5.74) is 5.13. The van der Waals surface area contributed by atoms with Gasteiger partial charge in [-0.05, 0) is 24.1 Å². The van der Waals surface area contributed by atoms with Crippen molar-refractivity contribution in [3.8, 4) is 0 Å². The smallest absolute Gasteiger partial charge is 0.320 e. The molecule has 0 aromatic heterocycles. The molecule has 0 spiro atoms. The normalized spacial score (nSPS) is 14.1. The highest BCUT2D eigenvalue weighted by Crippen LogP contribution is 2.21. The Morgan fingerprint density at radius 2 is 1.93 bits per heavy atom. The highest BCUT2D eigenvalue weighted by Gasteiger charge is 2.36. The van der Waals surface area contributed by atoms with Crippen LogP contribution in [0.5, 0.6) is 0 Å². The zero-order chi connectivity index (χ0) is 10.8. The van der Waals surface area contributed by atoms with E-state index in [1.807, 2.05) is 0 Å². The Hall–Kier alpha value is -1.10. The van der Waals surface area contributed by atoms with Gasteiger partial charge in [0, 0.05) is 0 Å². The Labute approximate surface area is 78.5 Å². The van der Waals surface area contributed by atoms with Gasteiger partial charge in [0.2, 0.25) is 0 Å². The van der Waals surface area contributed by atoms with Crippen molar-refractivity contribution in [3.05, 3.63) is 35.6 Å². The maximum atomic E-state index is 12.6. The molecule has 78 valence electrons. The fraction of sp³-hybridized carbons (Fsp3) is 0.333. The molecular formula is C9H9F4N. The molecule has 0 aliphatic carbocycles. The number of halogens is 4. The molecular weight excluding hydrogens is 198 g/mol. The predicted octanol–water partition coefficient (Wildman–Crippen LogP) is 2.26. The highest BCUT2D eigenvalue weighted by molar-refractivity contribution is 5.17. The molecule has 1 atom stereocenters. The van der Waals surface area contributed by atoms with Gasteiger partial charge in [0.25, 0.3) is 0 Å². The molecule has 1 aromatic rings. The van der Waals surface area contributed by atoms with Crippen molar-refractivity contribution in [2.45, 2.75) is 18.6 Å². The van der Waals surface area contributed by atoms with Gasteiger partial charge in [-0.1, -0.05) is 12.1 Å². The van der Waals surface area contributed by atoms with Crippen molar-refractivity contribution in [2.75, 3.05) is 0 Å². The first kappa shape index (κ1) is 11.0. The SMILES string of the molecule is N[C@@H](Cc1cccc(F)c1)C(F)(F)F. The molecule has 0 saturated heterocycles. The second kappa shape index (κ2) is 3.96. The molecule has 14 heavy (non-hydrogen) atoms. The molecule has 1 aromatic carbocycles. The minimum absolute atomic E-state index is 0.245. The third kappa shape index (κ3) is 2.99. The van der Waals surface area contributed by atoms with Gasteiger partial charge in [-0.15, -0.1) is 0 Å². The third-order valence-corrected chi connectivity index (χ3v) is 1.77. The summed E-state index contributed by atoms with van der Waals surface area (Å²) in [6.45, 7) is 0. The second-order valence-electron chi connectivity index (χ2n) is 2.98. The number of hydrogen-bond donors (Lipinski definition) is 1. The minimum atomic E-state index is -4.44. The van der Waals surface area contributed by atoms with Crippen molar-refractivity contribution in [2.24, 2.45) is 5.73 Å². The summed E-state index contributed by atoms with van der Waals surface area (Å²) >= 11 is 0. The van der Waals surface area contributed by atoms with Crippen LogP contribution in [-0.4, -0.2) is 12.2 Å². The van der Waals surface area contributed by atoms with Crippen molar-refractivity contribution in [3.63, 3.8) is 0 Å². The Morgan fingerprint density at radius 1 is 1.29 bits per heavy atom. The molecule has 0 bridgehead atoms. The molecule has 0 unspecified atom stereocenters. The van der Waals surface area contributed by atoms with Gasteiger partial charge in [-0.25, -0.2) is 4.39 Å². The van der Waals surface area contributed by atoms with Gasteiger partial charge in [0.1, 0.15) is 11.9 Å². The number of hydrogen-bond acceptors (Lipinski definition) is 1. The van der Waals surface area contributed by atoms with Gasteiger partial charge in [0.05, 0.1) is 0 Å². The molecule has 2 N–H and O–H groups in total. The molecule has 0 amide bonds. The van der Waals surface area contributed by atoms with Crippen LogP contribution in [0.15, 0.2) is 24.3 Å². The van der Waals surface area contributed by atoms with Crippen LogP contribution in [0.4, 0.5) is 17.6 Å². The first-order valence-corrected chi connectivity index (χ1v) is 3.96. The van der Waals surface area contributed by atoms with Gasteiger partial charge in [-0.3, -0.25) is 0 Å². The average Bonchev–Trinajstić information content (AvgIpc) is 2.02. The van der Waals surface area contributed by atoms with Gasteiger partial charge >= 0.3 is 6.18 Å². The van der Waals surface area contributed by atoms with E-state index in [1.54, 1.807) is 0 Å². The molecule has 1 nitrogen and oxygen atoms in total. The van der Waals surface area contributed by atoms with Crippen LogP contribution in [0, 0.1) is 5.82 Å². The lowest BCUT2D eigenvalue weighted by Gasteiger charge is -2.15. The third-order valence-electron chi connectivity index (χ3n) is 1.77. The zero-order valence-corrected chi connectivity index (χ0v) is 7.18. The van der Waals surface area contributed by atoms with E-state index < -0.39 is 24.5 Å². The fourth-order valence-corrected chi connectivity index (χ4v) is 1.03. The van der Waals surface area contributed by atoms with Crippen LogP contribution in [-0.2, 0) is 6.42 Å². The van der Waals surface area contributed by atoms with E-state index >= 15 is 0 Å². The van der Waals surface area contributed by atoms with Gasteiger partial charge in [-0.2, -0.15) is 13.2 Å². The van der Waals surface area contributed by atoms with Gasteiger partial charge < -0.3 is 5.73 Å². The number of benzene rings is 1. The number of rotatable bonds is 2. The van der Waals surface area contributed by atoms with Crippen LogP contribution in [0.1, 0.15) is 5.56 Å². The van der Waals surface area contributed by atoms with E-state index in [4.69, 9.17) is 5.73 Å². The fourth-order valence-electron chi connectivity index (χ4n) is 1.03. The second-order valence-corrected chi connectivity index (χ2v) is 2.98. The first-order valence-electron chi connectivity index (χ1n) is 3.96. The summed E-state index contributed by atoms with van der Waals surface area (Å²) in [6, 6.07) is 3.04. The quantitative estimate of drug-likeness (QED) is 0.739. The Bertz CT molecular complexity index is 308. The van der Waals surface area contributed by atoms with E-state index in [9.17, 15) is 17.6 Å². The molecule has 0 radical (unpaired) electrons. The molecule has 0 saturated carbocycles. The number of nitrogens with two attached hydrogens (primary N) is 1. The predicted molar refractivity (Wildman–Crippen MR) is 44.1 cm³/mol. The molecule has 0 aliphatic heterocycles. The maximum Gasteiger partial charge on any atom is 0.403 e. The zero-order valence-electron chi connectivity index (χ0n) is 7.18. The van der Waals surface area contributed by atoms with E-state index in [0.29, 0.717) is 0 Å². The lowest BCUT2D eigenvalue weighted by molar-refractivity contribution is -0.147. The van der Waals surface area contributed by atoms with Crippen LogP contribution in [0.2, 0.25) is 0 Å². The van der Waals surface area contributed by atoms with E-state index in [-0.39, 0.29) is 5.56 Å². The summed E-state index contributed by atoms with van der Waals surface area (Å²) in [7, 11) is 0. The highest BCUT2D eigenvalue weighted by atomic mass is 19.4. The number of alkyl halides is 3. The first-order chi connectivity index (χ1) is 6.39. The topological polar surface area (TPSA) is 26.0 Å². The largest absolute Gasteiger partial charge is 0.403 e. The van der Waals surface area contributed by atoms with E-state index in [0.717, 1.165) is 6.07 Å². The van der Waals surface area contributed by atoms with Crippen molar-refractivity contribution < 1.29 is 17.6 Å². The van der Waals surface area contributed by atoms with Crippen LogP contribution in [0.25, 0.3) is 0 Å². The van der Waals surface area contributed by atoms with Gasteiger partial charge in [0.15, 0.2) is 0 Å². The maximum absolute atomic E-state index is 12.6. The summed E-state index contributed by atoms with van der Waals surface area (Å²) < 4.78 is 48.6. The Morgan fingerprint density at radius 3 is 2.43 bits per heavy atom. The summed E-state index contributed by atoms with van der Waals surface area (Å²) in [6.07, 6.45) is -4.84. The summed E-state index contributed by atoms with van der Waals surface area (Å²) in [5, 5.41) is 0. The van der Waals surface area contributed by atoms with Crippen LogP contribution in [0.3, 0.4) is 0 Å². The van der Waals surface area contributed by atoms with Crippen LogP contribution >= 0.6 is 0 Å². The van der Waals surface area contributed by atoms with Crippen molar-refractivity contribution in [1.29, 1.82) is 0 Å². The molecule has 5 heteroatoms. The lowest BCUT2D eigenvalue weighted by atomic mass is 10.1. The molecule has 1 rings (SSSR count). The minimum Gasteiger partial charge on any atom is -0.320 e. The summed E-state index contributed by atoms with van der Waals surface area (Å²) in [5.74, 6) is -0.558. The molecule has 0 fully saturated rings. The Balaban J connectivity index is 2.70. The average molecular weight is 207 g/mol. The van der Waals surface area contributed by atoms with E-state index in [2.05, 4.69) is 0 Å². The standard InChI is InChI=1S/C9H9F4N/c10-7-3-1-2-6(4-7)5-8(14)9(11,12)13/h1-4,8H,5,14H2/t8-/m0/s1. The van der Waals surface area contributed by atoms with E-state index in [1.165, 1.54) is 18.2 Å². The van der Waals surface area contributed by atoms with Crippen LogP contribution < -0.4 is 5.73 Å². The summed E-state index contributed by atoms with van der Waals surface area (Å²) in [4.78, 5) is 0. The van der Waals surface area contributed by atoms with Crippen molar-refractivity contribution >= 4 is 0 Å². The molecule has 0 aliphatic rings.